The van der Waals surface area contributed by atoms with Gasteiger partial charge in [-0.2, -0.15) is 0 Å². The van der Waals surface area contributed by atoms with Gasteiger partial charge < -0.3 is 21.5 Å². The second kappa shape index (κ2) is 10.9. The number of benzene rings is 3. The van der Waals surface area contributed by atoms with Crippen molar-refractivity contribution in [2.45, 2.75) is 24.6 Å². The van der Waals surface area contributed by atoms with Crippen LogP contribution in [0.4, 0.5) is 0 Å². The highest BCUT2D eigenvalue weighted by Crippen LogP contribution is 2.19. The number of hydrogen-bond donors (Lipinski definition) is 4. The highest BCUT2D eigenvalue weighted by atomic mass is 16.3. The molecule has 3 atom stereocenters. The SMILES string of the molecule is NC(=O)[C@H](Cc1ccccc1)NC(=O)[C@H](O)[C@@H](NC(=O)c1ccccc1)c1ccccc1. The summed E-state index contributed by atoms with van der Waals surface area (Å²) < 4.78 is 0. The van der Waals surface area contributed by atoms with Crippen LogP contribution in [0.25, 0.3) is 0 Å². The molecule has 3 aromatic carbocycles. The molecule has 7 nitrogen and oxygen atoms in total. The number of carbonyl (C=O) groups excluding carboxylic acids is 3. The monoisotopic (exact) mass is 431 g/mol. The van der Waals surface area contributed by atoms with E-state index in [-0.39, 0.29) is 6.42 Å². The molecule has 0 aliphatic carbocycles. The van der Waals surface area contributed by atoms with Crippen molar-refractivity contribution in [2.75, 3.05) is 0 Å². The van der Waals surface area contributed by atoms with Gasteiger partial charge in [0.25, 0.3) is 11.8 Å². The van der Waals surface area contributed by atoms with Crippen molar-refractivity contribution in [3.8, 4) is 0 Å². The summed E-state index contributed by atoms with van der Waals surface area (Å²) in [5, 5.41) is 16.1. The predicted octanol–water partition coefficient (Wildman–Crippen LogP) is 1.73. The molecule has 0 heterocycles. The second-order valence-electron chi connectivity index (χ2n) is 7.33. The first-order chi connectivity index (χ1) is 15.5. The number of nitrogens with two attached hydrogens (primary N) is 1. The van der Waals surface area contributed by atoms with Crippen molar-refractivity contribution in [2.24, 2.45) is 5.73 Å². The summed E-state index contributed by atoms with van der Waals surface area (Å²) in [7, 11) is 0. The Morgan fingerprint density at radius 3 is 1.88 bits per heavy atom. The fourth-order valence-corrected chi connectivity index (χ4v) is 3.30. The summed E-state index contributed by atoms with van der Waals surface area (Å²) in [6.45, 7) is 0. The van der Waals surface area contributed by atoms with Crippen molar-refractivity contribution in [3.63, 3.8) is 0 Å². The van der Waals surface area contributed by atoms with Gasteiger partial charge in [-0.1, -0.05) is 78.9 Å². The number of primary amides is 1. The van der Waals surface area contributed by atoms with Gasteiger partial charge in [0, 0.05) is 12.0 Å². The van der Waals surface area contributed by atoms with E-state index < -0.39 is 35.9 Å². The average Bonchev–Trinajstić information content (AvgIpc) is 2.83. The molecule has 3 aromatic rings. The first kappa shape index (κ1) is 22.7. The van der Waals surface area contributed by atoms with Crippen molar-refractivity contribution >= 4 is 17.7 Å². The molecule has 5 N–H and O–H groups in total. The Hall–Kier alpha value is -3.97. The Labute approximate surface area is 186 Å². The van der Waals surface area contributed by atoms with Gasteiger partial charge >= 0.3 is 0 Å². The minimum Gasteiger partial charge on any atom is -0.381 e. The van der Waals surface area contributed by atoms with Gasteiger partial charge in [0.05, 0.1) is 6.04 Å². The third-order valence-corrected chi connectivity index (χ3v) is 5.01. The molecule has 3 amide bonds. The number of amides is 3. The summed E-state index contributed by atoms with van der Waals surface area (Å²) in [5.74, 6) is -1.98. The van der Waals surface area contributed by atoms with E-state index in [2.05, 4.69) is 10.6 Å². The molecule has 0 aliphatic heterocycles. The normalized spacial score (nSPS) is 13.4. The molecule has 0 spiro atoms. The maximum atomic E-state index is 12.9. The summed E-state index contributed by atoms with van der Waals surface area (Å²) in [5.41, 5.74) is 7.21. The first-order valence-corrected chi connectivity index (χ1v) is 10.2. The second-order valence-corrected chi connectivity index (χ2v) is 7.33. The molecule has 0 aliphatic rings. The highest BCUT2D eigenvalue weighted by molar-refractivity contribution is 5.95. The molecule has 7 heteroatoms. The van der Waals surface area contributed by atoms with Crippen LogP contribution in [-0.4, -0.2) is 35.0 Å². The Morgan fingerprint density at radius 1 is 0.781 bits per heavy atom. The van der Waals surface area contributed by atoms with Gasteiger partial charge in [-0.3, -0.25) is 14.4 Å². The molecule has 0 unspecified atom stereocenters. The smallest absolute Gasteiger partial charge is 0.252 e. The number of aliphatic hydroxyl groups is 1. The summed E-state index contributed by atoms with van der Waals surface area (Å²) in [6, 6.07) is 24.2. The molecule has 0 fully saturated rings. The number of aliphatic hydroxyl groups excluding tert-OH is 1. The summed E-state index contributed by atoms with van der Waals surface area (Å²) >= 11 is 0. The quantitative estimate of drug-likeness (QED) is 0.412. The van der Waals surface area contributed by atoms with Crippen molar-refractivity contribution in [1.82, 2.24) is 10.6 Å². The van der Waals surface area contributed by atoms with Gasteiger partial charge in [0.2, 0.25) is 5.91 Å². The van der Waals surface area contributed by atoms with E-state index in [0.717, 1.165) is 5.56 Å². The zero-order chi connectivity index (χ0) is 22.9. The fraction of sp³-hybridized carbons (Fsp3) is 0.160. The third-order valence-electron chi connectivity index (χ3n) is 5.01. The number of nitrogens with one attached hydrogen (secondary N) is 2. The van der Waals surface area contributed by atoms with Crippen LogP contribution in [0.1, 0.15) is 27.5 Å². The molecule has 0 saturated heterocycles. The maximum Gasteiger partial charge on any atom is 0.252 e. The number of carbonyl (C=O) groups is 3. The molecule has 0 bridgehead atoms. The van der Waals surface area contributed by atoms with E-state index in [1.54, 1.807) is 60.7 Å². The topological polar surface area (TPSA) is 122 Å². The Bertz CT molecular complexity index is 1040. The lowest BCUT2D eigenvalue weighted by atomic mass is 9.99. The molecule has 0 saturated carbocycles. The van der Waals surface area contributed by atoms with E-state index in [0.29, 0.717) is 11.1 Å². The standard InChI is InChI=1S/C25H25N3O4/c26-23(30)20(16-17-10-4-1-5-11-17)27-25(32)22(29)21(18-12-6-2-7-13-18)28-24(31)19-14-8-3-9-15-19/h1-15,20-22,29H,16H2,(H2,26,30)(H,27,32)(H,28,31)/t20-,21-,22+/m0/s1. The zero-order valence-electron chi connectivity index (χ0n) is 17.3. The third kappa shape index (κ3) is 6.02. The molecule has 3 rings (SSSR count). The number of rotatable bonds is 9. The molecule has 0 radical (unpaired) electrons. The lowest BCUT2D eigenvalue weighted by Gasteiger charge is -2.26. The Balaban J connectivity index is 1.78. The molecule has 0 aromatic heterocycles. The highest BCUT2D eigenvalue weighted by Gasteiger charge is 2.31. The van der Waals surface area contributed by atoms with Gasteiger partial charge in [-0.05, 0) is 23.3 Å². The Morgan fingerprint density at radius 2 is 1.31 bits per heavy atom. The zero-order valence-corrected chi connectivity index (χ0v) is 17.3. The van der Waals surface area contributed by atoms with Crippen LogP contribution in [0.5, 0.6) is 0 Å². The van der Waals surface area contributed by atoms with Crippen LogP contribution in [0.3, 0.4) is 0 Å². The lowest BCUT2D eigenvalue weighted by Crippen LogP contribution is -2.52. The van der Waals surface area contributed by atoms with E-state index in [4.69, 9.17) is 5.73 Å². The van der Waals surface area contributed by atoms with Crippen molar-refractivity contribution < 1.29 is 19.5 Å². The van der Waals surface area contributed by atoms with Gasteiger partial charge in [0.15, 0.2) is 6.10 Å². The molecule has 32 heavy (non-hydrogen) atoms. The summed E-state index contributed by atoms with van der Waals surface area (Å²) in [6.07, 6.45) is -1.47. The van der Waals surface area contributed by atoms with Crippen LogP contribution in [0.2, 0.25) is 0 Å². The van der Waals surface area contributed by atoms with Gasteiger partial charge in [-0.15, -0.1) is 0 Å². The van der Waals surface area contributed by atoms with E-state index >= 15 is 0 Å². The van der Waals surface area contributed by atoms with Crippen LogP contribution in [0.15, 0.2) is 91.0 Å². The summed E-state index contributed by atoms with van der Waals surface area (Å²) in [4.78, 5) is 37.5. The van der Waals surface area contributed by atoms with E-state index in [1.165, 1.54) is 0 Å². The molecular weight excluding hydrogens is 406 g/mol. The fourth-order valence-electron chi connectivity index (χ4n) is 3.30. The average molecular weight is 431 g/mol. The molecule has 164 valence electrons. The minimum atomic E-state index is -1.65. The predicted molar refractivity (Wildman–Crippen MR) is 120 cm³/mol. The van der Waals surface area contributed by atoms with E-state index in [9.17, 15) is 19.5 Å². The van der Waals surface area contributed by atoms with Crippen molar-refractivity contribution in [1.29, 1.82) is 0 Å². The minimum absolute atomic E-state index is 0.182. The van der Waals surface area contributed by atoms with Crippen LogP contribution in [-0.2, 0) is 16.0 Å². The lowest BCUT2D eigenvalue weighted by molar-refractivity contribution is -0.134. The van der Waals surface area contributed by atoms with Gasteiger partial charge in [-0.25, -0.2) is 0 Å². The largest absolute Gasteiger partial charge is 0.381 e. The number of hydrogen-bond acceptors (Lipinski definition) is 4. The van der Waals surface area contributed by atoms with Gasteiger partial charge in [0.1, 0.15) is 6.04 Å². The van der Waals surface area contributed by atoms with Crippen molar-refractivity contribution in [3.05, 3.63) is 108 Å². The van der Waals surface area contributed by atoms with Crippen LogP contribution in [0, 0.1) is 0 Å². The van der Waals surface area contributed by atoms with Crippen LogP contribution >= 0.6 is 0 Å². The Kier molecular flexibility index (Phi) is 7.72. The first-order valence-electron chi connectivity index (χ1n) is 10.2. The molecular formula is C25H25N3O4. The van der Waals surface area contributed by atoms with E-state index in [1.807, 2.05) is 30.3 Å². The van der Waals surface area contributed by atoms with Crippen LogP contribution < -0.4 is 16.4 Å². The maximum absolute atomic E-state index is 12.9.